The molecule has 134 valence electrons. The highest BCUT2D eigenvalue weighted by Gasteiger charge is 2.30. The van der Waals surface area contributed by atoms with Crippen molar-refractivity contribution < 1.29 is 0 Å². The maximum atomic E-state index is 2.28. The molecule has 0 nitrogen and oxygen atoms in total. The van der Waals surface area contributed by atoms with Crippen LogP contribution in [0.5, 0.6) is 0 Å². The lowest BCUT2D eigenvalue weighted by Crippen LogP contribution is -2.40. The summed E-state index contributed by atoms with van der Waals surface area (Å²) in [6.45, 7) is 0.283. The van der Waals surface area contributed by atoms with E-state index in [2.05, 4.69) is 89.1 Å². The van der Waals surface area contributed by atoms with Crippen LogP contribution >= 0.6 is 45.8 Å². The van der Waals surface area contributed by atoms with Crippen LogP contribution in [0, 0.1) is 0 Å². The number of thiophene rings is 3. The van der Waals surface area contributed by atoms with Gasteiger partial charge in [-0.1, -0.05) is 60.7 Å². The quantitative estimate of drug-likeness (QED) is 0.330. The molecule has 4 aromatic rings. The first kappa shape index (κ1) is 18.8. The Kier molecular flexibility index (Phi) is 6.35. The first-order valence-electron chi connectivity index (χ1n) is 8.76. The van der Waals surface area contributed by atoms with Crippen LogP contribution in [0.4, 0.5) is 0 Å². The van der Waals surface area contributed by atoms with Gasteiger partial charge in [0, 0.05) is 10.6 Å². The van der Waals surface area contributed by atoms with Gasteiger partial charge in [-0.15, -0.1) is 11.3 Å². The minimum atomic E-state index is 0.283. The van der Waals surface area contributed by atoms with Crippen molar-refractivity contribution in [2.24, 2.45) is 0 Å². The monoisotopic (exact) mass is 422 g/mol. The van der Waals surface area contributed by atoms with E-state index in [0.29, 0.717) is 0 Å². The van der Waals surface area contributed by atoms with E-state index in [1.807, 2.05) is 45.8 Å². The Morgan fingerprint density at radius 1 is 0.778 bits per heavy atom. The van der Waals surface area contributed by atoms with Gasteiger partial charge in [0.05, 0.1) is 0 Å². The summed E-state index contributed by atoms with van der Waals surface area (Å²) < 4.78 is 2.82. The molecule has 0 aliphatic carbocycles. The molecule has 0 saturated carbocycles. The molecule has 0 aliphatic rings. The Morgan fingerprint density at radius 3 is 1.93 bits per heavy atom. The lowest BCUT2D eigenvalue weighted by molar-refractivity contribution is 1.59. The number of thioether (sulfide) groups is 1. The Morgan fingerprint density at radius 2 is 1.41 bits per heavy atom. The maximum absolute atomic E-state index is 2.28. The van der Waals surface area contributed by atoms with Crippen molar-refractivity contribution in [3.63, 3.8) is 0 Å². The van der Waals surface area contributed by atoms with Crippen molar-refractivity contribution in [1.82, 2.24) is 0 Å². The van der Waals surface area contributed by atoms with Crippen LogP contribution in [-0.4, -0.2) is 18.7 Å². The molecule has 3 heterocycles. The second kappa shape index (κ2) is 9.11. The Labute approximate surface area is 177 Å². The number of hydrogen-bond acceptors (Lipinski definition) is 4. The first-order chi connectivity index (χ1) is 13.4. The molecule has 0 aliphatic heterocycles. The predicted octanol–water partition coefficient (Wildman–Crippen LogP) is 5.99. The standard InChI is InChI=1S/C22H19BS4/c1-24-16-18(17-8-3-2-4-9-17)22(19-10-5-13-25-19)23(20-11-6-14-26-20)21-12-7-15-27-21/h2-15H,16H2,1H3/b22-18+. The molecule has 0 N–H and O–H groups in total. The zero-order chi connectivity index (χ0) is 18.5. The third-order valence-electron chi connectivity index (χ3n) is 4.47. The third kappa shape index (κ3) is 4.17. The van der Waals surface area contributed by atoms with Gasteiger partial charge in [0.1, 0.15) is 0 Å². The molecule has 27 heavy (non-hydrogen) atoms. The molecule has 0 atom stereocenters. The van der Waals surface area contributed by atoms with E-state index >= 15 is 0 Å². The van der Waals surface area contributed by atoms with Crippen molar-refractivity contribution in [2.45, 2.75) is 0 Å². The highest BCUT2D eigenvalue weighted by molar-refractivity contribution is 7.99. The van der Waals surface area contributed by atoms with Gasteiger partial charge in [-0.3, -0.25) is 0 Å². The molecule has 4 rings (SSSR count). The van der Waals surface area contributed by atoms with Crippen molar-refractivity contribution in [2.75, 3.05) is 12.0 Å². The third-order valence-corrected chi connectivity index (χ3v) is 7.82. The second-order valence-corrected chi connectivity index (χ2v) is 9.90. The summed E-state index contributed by atoms with van der Waals surface area (Å²) >= 11 is 7.45. The van der Waals surface area contributed by atoms with E-state index in [1.54, 1.807) is 0 Å². The molecule has 0 radical (unpaired) electrons. The molecule has 3 aromatic heterocycles. The van der Waals surface area contributed by atoms with Gasteiger partial charge in [-0.2, -0.15) is 34.4 Å². The molecule has 0 bridgehead atoms. The highest BCUT2D eigenvalue weighted by Crippen LogP contribution is 2.34. The van der Waals surface area contributed by atoms with E-state index in [-0.39, 0.29) is 6.71 Å². The fourth-order valence-corrected chi connectivity index (χ4v) is 6.55. The summed E-state index contributed by atoms with van der Waals surface area (Å²) in [6, 6.07) is 24.2. The van der Waals surface area contributed by atoms with Crippen LogP contribution in [-0.2, 0) is 0 Å². The van der Waals surface area contributed by atoms with Crippen LogP contribution in [0.1, 0.15) is 10.4 Å². The van der Waals surface area contributed by atoms with Gasteiger partial charge in [-0.25, -0.2) is 0 Å². The fourth-order valence-electron chi connectivity index (χ4n) is 3.33. The fraction of sp³-hybridized carbons (Fsp3) is 0.0909. The van der Waals surface area contributed by atoms with Crippen LogP contribution in [0.3, 0.4) is 0 Å². The van der Waals surface area contributed by atoms with E-state index in [1.165, 1.54) is 31.0 Å². The average Bonchev–Trinajstić information content (AvgIpc) is 3.48. The topological polar surface area (TPSA) is 0 Å². The van der Waals surface area contributed by atoms with Crippen molar-refractivity contribution in [3.05, 3.63) is 93.3 Å². The van der Waals surface area contributed by atoms with Crippen LogP contribution in [0.2, 0.25) is 0 Å². The van der Waals surface area contributed by atoms with Gasteiger partial charge in [0.15, 0.2) is 0 Å². The maximum Gasteiger partial charge on any atom is 0.268 e. The summed E-state index contributed by atoms with van der Waals surface area (Å²) in [5, 5.41) is 6.58. The molecule has 0 unspecified atom stereocenters. The predicted molar refractivity (Wildman–Crippen MR) is 130 cm³/mol. The summed E-state index contributed by atoms with van der Waals surface area (Å²) in [5.74, 6) is 1.00. The largest absolute Gasteiger partial charge is 0.268 e. The van der Waals surface area contributed by atoms with Crippen LogP contribution < -0.4 is 9.55 Å². The summed E-state index contributed by atoms with van der Waals surface area (Å²) in [4.78, 5) is 1.37. The van der Waals surface area contributed by atoms with Crippen molar-refractivity contribution in [1.29, 1.82) is 0 Å². The lowest BCUT2D eigenvalue weighted by Gasteiger charge is -2.20. The van der Waals surface area contributed by atoms with E-state index in [4.69, 9.17) is 0 Å². The highest BCUT2D eigenvalue weighted by atomic mass is 32.2. The molecule has 0 amide bonds. The normalized spacial score (nSPS) is 12.0. The molecule has 5 heteroatoms. The van der Waals surface area contributed by atoms with Crippen molar-refractivity contribution >= 4 is 73.1 Å². The Hall–Kier alpha value is -1.53. The molecule has 0 fully saturated rings. The zero-order valence-electron chi connectivity index (χ0n) is 15.0. The number of benzene rings is 1. The van der Waals surface area contributed by atoms with E-state index in [0.717, 1.165) is 5.75 Å². The van der Waals surface area contributed by atoms with Gasteiger partial charge >= 0.3 is 0 Å². The van der Waals surface area contributed by atoms with Gasteiger partial charge in [-0.05, 0) is 54.6 Å². The minimum absolute atomic E-state index is 0.283. The number of hydrogen-bond donors (Lipinski definition) is 0. The molecule has 0 spiro atoms. The SMILES string of the molecule is CSC/C(=C(\B(c1cccs1)c1cccs1)c1cccs1)c1ccccc1. The summed E-state index contributed by atoms with van der Waals surface area (Å²) in [7, 11) is 0. The molecule has 0 saturated heterocycles. The second-order valence-electron chi connectivity index (χ2n) is 6.13. The summed E-state index contributed by atoms with van der Waals surface area (Å²) in [5.41, 5.74) is 4.22. The Bertz CT molecular complexity index is 934. The molecular formula is C22H19BS4. The molecular weight excluding hydrogens is 403 g/mol. The zero-order valence-corrected chi connectivity index (χ0v) is 18.3. The van der Waals surface area contributed by atoms with Gasteiger partial charge in [0.25, 0.3) is 6.71 Å². The number of rotatable bonds is 7. The van der Waals surface area contributed by atoms with Crippen molar-refractivity contribution in [3.8, 4) is 0 Å². The Balaban J connectivity index is 2.00. The summed E-state index contributed by atoms with van der Waals surface area (Å²) in [6.07, 6.45) is 2.19. The van der Waals surface area contributed by atoms with E-state index in [9.17, 15) is 0 Å². The van der Waals surface area contributed by atoms with Crippen LogP contribution in [0.25, 0.3) is 11.0 Å². The van der Waals surface area contributed by atoms with Gasteiger partial charge < -0.3 is 0 Å². The van der Waals surface area contributed by atoms with E-state index < -0.39 is 0 Å². The minimum Gasteiger partial charge on any atom is -0.161 e. The smallest absolute Gasteiger partial charge is 0.161 e. The molecule has 1 aromatic carbocycles. The average molecular weight is 422 g/mol. The lowest BCUT2D eigenvalue weighted by atomic mass is 9.41. The van der Waals surface area contributed by atoms with Gasteiger partial charge in [0.2, 0.25) is 0 Å². The first-order valence-corrected chi connectivity index (χ1v) is 12.8. The van der Waals surface area contributed by atoms with Crippen LogP contribution in [0.15, 0.2) is 82.9 Å².